The average Bonchev–Trinajstić information content (AvgIpc) is 2.72. The lowest BCUT2D eigenvalue weighted by molar-refractivity contribution is -0.138. The summed E-state index contributed by atoms with van der Waals surface area (Å²) in [5.41, 5.74) is 0.886. The number of aryl methyl sites for hydroxylation is 1. The van der Waals surface area contributed by atoms with Gasteiger partial charge in [0, 0.05) is 0 Å². The average molecular weight is 459 g/mol. The highest BCUT2D eigenvalue weighted by Gasteiger charge is 2.22. The van der Waals surface area contributed by atoms with E-state index in [2.05, 4.69) is 9.47 Å². The van der Waals surface area contributed by atoms with Crippen LogP contribution in [0.5, 0.6) is 0 Å². The molecule has 0 fully saturated rings. The minimum Gasteiger partial charge on any atom is -0.478 e. The molecule has 166 valence electrons. The Labute approximate surface area is 183 Å². The zero-order valence-electron chi connectivity index (χ0n) is 17.0. The molecule has 0 heterocycles. The van der Waals surface area contributed by atoms with Crippen LogP contribution in [0.15, 0.2) is 12.1 Å². The summed E-state index contributed by atoms with van der Waals surface area (Å²) in [6, 6.07) is 3.00. The summed E-state index contributed by atoms with van der Waals surface area (Å²) in [5, 5.41) is 19.0. The first-order valence-corrected chi connectivity index (χ1v) is 11.5. The highest BCUT2D eigenvalue weighted by atomic mass is 32.2. The summed E-state index contributed by atoms with van der Waals surface area (Å²) in [6.45, 7) is 0. The van der Waals surface area contributed by atoms with Gasteiger partial charge in [-0.2, -0.15) is 23.5 Å². The Balaban J connectivity index is 2.88. The molecule has 0 amide bonds. The molecule has 0 radical (unpaired) electrons. The molecule has 10 heteroatoms. The van der Waals surface area contributed by atoms with Gasteiger partial charge in [0.05, 0.1) is 36.9 Å². The van der Waals surface area contributed by atoms with E-state index in [4.69, 9.17) is 0 Å². The summed E-state index contributed by atoms with van der Waals surface area (Å²) < 4.78 is 9.17. The Morgan fingerprint density at radius 3 is 1.83 bits per heavy atom. The number of carboxylic acids is 2. The van der Waals surface area contributed by atoms with E-state index in [9.17, 15) is 29.4 Å². The third-order valence-corrected chi connectivity index (χ3v) is 6.23. The lowest BCUT2D eigenvalue weighted by Gasteiger charge is -2.15. The summed E-state index contributed by atoms with van der Waals surface area (Å²) in [4.78, 5) is 45.7. The summed E-state index contributed by atoms with van der Waals surface area (Å²) >= 11 is 2.81. The molecule has 0 unspecified atom stereocenters. The molecule has 0 aliphatic rings. The lowest BCUT2D eigenvalue weighted by Crippen LogP contribution is -2.14. The molecule has 0 aliphatic heterocycles. The maximum absolute atomic E-state index is 11.8. The number of esters is 2. The molecule has 0 saturated heterocycles. The van der Waals surface area contributed by atoms with Crippen molar-refractivity contribution in [3.63, 3.8) is 0 Å². The number of carboxylic acid groups (broad SMARTS) is 2. The van der Waals surface area contributed by atoms with Gasteiger partial charge in [-0.15, -0.1) is 0 Å². The number of carbonyl (C=O) groups is 4. The van der Waals surface area contributed by atoms with E-state index < -0.39 is 11.9 Å². The summed E-state index contributed by atoms with van der Waals surface area (Å²) in [5.74, 6) is -1.43. The molecular formula is C20H26O8S2. The van der Waals surface area contributed by atoms with Gasteiger partial charge in [0.25, 0.3) is 0 Å². The van der Waals surface area contributed by atoms with Crippen LogP contribution in [0.25, 0.3) is 0 Å². The number of methoxy groups -OCH3 is 2. The number of hydrogen-bond donors (Lipinski definition) is 2. The summed E-state index contributed by atoms with van der Waals surface area (Å²) in [7, 11) is 2.64. The normalized spacial score (nSPS) is 10.5. The van der Waals surface area contributed by atoms with Gasteiger partial charge in [-0.25, -0.2) is 9.59 Å². The van der Waals surface area contributed by atoms with Gasteiger partial charge in [0.15, 0.2) is 0 Å². The van der Waals surface area contributed by atoms with E-state index >= 15 is 0 Å². The third kappa shape index (κ3) is 8.66. The van der Waals surface area contributed by atoms with Gasteiger partial charge in [0.1, 0.15) is 0 Å². The van der Waals surface area contributed by atoms with Crippen molar-refractivity contribution in [2.45, 2.75) is 25.7 Å². The van der Waals surface area contributed by atoms with Crippen LogP contribution in [0.3, 0.4) is 0 Å². The fraction of sp³-hybridized carbons (Fsp3) is 0.500. The topological polar surface area (TPSA) is 127 Å². The first-order valence-electron chi connectivity index (χ1n) is 9.22. The second-order valence-corrected chi connectivity index (χ2v) is 8.41. The SMILES string of the molecule is COC(=O)CSCCCc1ccc(C(=O)O)c(C(=O)O)c1CCCSCC(=O)OC. The van der Waals surface area contributed by atoms with Gasteiger partial charge in [0.2, 0.25) is 0 Å². The summed E-state index contributed by atoms with van der Waals surface area (Å²) in [6.07, 6.45) is 2.26. The number of hydrogen-bond acceptors (Lipinski definition) is 8. The van der Waals surface area contributed by atoms with E-state index in [-0.39, 0.29) is 34.6 Å². The van der Waals surface area contributed by atoms with Crippen LogP contribution in [-0.2, 0) is 31.9 Å². The maximum Gasteiger partial charge on any atom is 0.336 e. The van der Waals surface area contributed by atoms with E-state index in [0.717, 1.165) is 5.56 Å². The molecule has 30 heavy (non-hydrogen) atoms. The fourth-order valence-corrected chi connectivity index (χ4v) is 4.33. The maximum atomic E-state index is 11.8. The Morgan fingerprint density at radius 1 is 0.833 bits per heavy atom. The number of rotatable bonds is 14. The van der Waals surface area contributed by atoms with E-state index in [0.29, 0.717) is 42.8 Å². The molecule has 8 nitrogen and oxygen atoms in total. The smallest absolute Gasteiger partial charge is 0.336 e. The second kappa shape index (κ2) is 13.9. The van der Waals surface area contributed by atoms with E-state index in [1.165, 1.54) is 43.8 Å². The molecule has 0 aromatic heterocycles. The largest absolute Gasteiger partial charge is 0.478 e. The third-order valence-electron chi connectivity index (χ3n) is 4.20. The van der Waals surface area contributed by atoms with Crippen molar-refractivity contribution in [1.29, 1.82) is 0 Å². The monoisotopic (exact) mass is 458 g/mol. The lowest BCUT2D eigenvalue weighted by atomic mass is 9.91. The zero-order chi connectivity index (χ0) is 22.5. The van der Waals surface area contributed by atoms with Gasteiger partial charge in [-0.05, 0) is 54.4 Å². The molecule has 0 atom stereocenters. The molecule has 1 aromatic rings. The standard InChI is InChI=1S/C20H26O8S2/c1-27-16(21)11-29-9-3-5-13-7-8-15(19(23)24)18(20(25)26)14(13)6-4-10-30-12-17(22)28-2/h7-8H,3-6,9-12H2,1-2H3,(H,23,24)(H,25,26). The van der Waals surface area contributed by atoms with E-state index in [1.807, 2.05) is 0 Å². The van der Waals surface area contributed by atoms with Crippen molar-refractivity contribution in [2.24, 2.45) is 0 Å². The Bertz CT molecular complexity index is 763. The Hall–Kier alpha value is -2.20. The van der Waals surface area contributed by atoms with Gasteiger partial charge in [-0.3, -0.25) is 9.59 Å². The van der Waals surface area contributed by atoms with Crippen molar-refractivity contribution >= 4 is 47.4 Å². The zero-order valence-corrected chi connectivity index (χ0v) is 18.6. The van der Waals surface area contributed by atoms with Crippen molar-refractivity contribution in [3.8, 4) is 0 Å². The van der Waals surface area contributed by atoms with Crippen molar-refractivity contribution in [3.05, 3.63) is 34.4 Å². The predicted molar refractivity (Wildman–Crippen MR) is 116 cm³/mol. The predicted octanol–water partition coefficient (Wildman–Crippen LogP) is 2.76. The van der Waals surface area contributed by atoms with Gasteiger partial charge >= 0.3 is 23.9 Å². The van der Waals surface area contributed by atoms with Crippen LogP contribution < -0.4 is 0 Å². The first-order chi connectivity index (χ1) is 14.3. The second-order valence-electron chi connectivity index (χ2n) is 6.20. The van der Waals surface area contributed by atoms with Crippen LogP contribution in [0.2, 0.25) is 0 Å². The Morgan fingerprint density at radius 2 is 1.37 bits per heavy atom. The minimum absolute atomic E-state index is 0.180. The van der Waals surface area contributed by atoms with Gasteiger partial charge < -0.3 is 19.7 Å². The molecule has 2 N–H and O–H groups in total. The highest BCUT2D eigenvalue weighted by Crippen LogP contribution is 2.24. The van der Waals surface area contributed by atoms with Crippen LogP contribution in [0, 0.1) is 0 Å². The molecular weight excluding hydrogens is 432 g/mol. The van der Waals surface area contributed by atoms with Crippen molar-refractivity contribution in [2.75, 3.05) is 37.2 Å². The van der Waals surface area contributed by atoms with E-state index in [1.54, 1.807) is 6.07 Å². The van der Waals surface area contributed by atoms with Gasteiger partial charge in [-0.1, -0.05) is 6.07 Å². The van der Waals surface area contributed by atoms with Crippen LogP contribution in [-0.4, -0.2) is 71.3 Å². The number of carbonyl (C=O) groups excluding carboxylic acids is 2. The molecule has 1 rings (SSSR count). The first kappa shape index (κ1) is 25.8. The molecule has 0 aliphatic carbocycles. The number of thioether (sulfide) groups is 2. The molecule has 0 spiro atoms. The minimum atomic E-state index is -1.28. The highest BCUT2D eigenvalue weighted by molar-refractivity contribution is 8.00. The van der Waals surface area contributed by atoms with Crippen LogP contribution in [0.1, 0.15) is 44.7 Å². The molecule has 0 bridgehead atoms. The quantitative estimate of drug-likeness (QED) is 0.317. The van der Waals surface area contributed by atoms with Crippen molar-refractivity contribution < 1.29 is 38.9 Å². The molecule has 1 aromatic carbocycles. The number of benzene rings is 1. The molecule has 0 saturated carbocycles. The number of aromatic carboxylic acids is 2. The van der Waals surface area contributed by atoms with Crippen molar-refractivity contribution in [1.82, 2.24) is 0 Å². The van der Waals surface area contributed by atoms with Crippen LogP contribution in [0.4, 0.5) is 0 Å². The number of ether oxygens (including phenoxy) is 2. The van der Waals surface area contributed by atoms with Crippen LogP contribution >= 0.6 is 23.5 Å². The fourth-order valence-electron chi connectivity index (χ4n) is 2.78. The Kier molecular flexibility index (Phi) is 12.0.